The Bertz CT molecular complexity index is 215. The molecular formula is C10H20N2O3. The molecule has 15 heavy (non-hydrogen) atoms. The number of aliphatic hydroxyl groups is 2. The van der Waals surface area contributed by atoms with Crippen molar-refractivity contribution in [3.8, 4) is 0 Å². The molecule has 1 amide bonds. The van der Waals surface area contributed by atoms with Gasteiger partial charge in [0.1, 0.15) is 0 Å². The first-order valence-electron chi connectivity index (χ1n) is 5.36. The van der Waals surface area contributed by atoms with Crippen molar-refractivity contribution in [2.45, 2.75) is 25.9 Å². The van der Waals surface area contributed by atoms with Crippen molar-refractivity contribution in [2.24, 2.45) is 5.41 Å². The van der Waals surface area contributed by atoms with Gasteiger partial charge in [0.15, 0.2) is 0 Å². The van der Waals surface area contributed by atoms with Gasteiger partial charge in [-0.3, -0.25) is 4.79 Å². The highest BCUT2D eigenvalue weighted by Crippen LogP contribution is 2.27. The van der Waals surface area contributed by atoms with E-state index in [0.717, 1.165) is 25.9 Å². The van der Waals surface area contributed by atoms with Crippen LogP contribution < -0.4 is 10.6 Å². The summed E-state index contributed by atoms with van der Waals surface area (Å²) in [6.07, 6.45) is 0.765. The molecule has 0 aromatic heterocycles. The van der Waals surface area contributed by atoms with E-state index >= 15 is 0 Å². The summed E-state index contributed by atoms with van der Waals surface area (Å²) in [6.45, 7) is 3.45. The van der Waals surface area contributed by atoms with Crippen molar-refractivity contribution < 1.29 is 15.0 Å². The fraction of sp³-hybridized carbons (Fsp3) is 0.900. The molecule has 0 bridgehead atoms. The average molecular weight is 216 g/mol. The molecule has 1 unspecified atom stereocenters. The summed E-state index contributed by atoms with van der Waals surface area (Å²) in [5.41, 5.74) is -0.333. The molecule has 1 heterocycles. The SMILES string of the molecule is CC1(C(=O)NCC(O)CO)CCNCC1. The molecule has 0 aromatic rings. The van der Waals surface area contributed by atoms with E-state index in [1.54, 1.807) is 0 Å². The van der Waals surface area contributed by atoms with Crippen LogP contribution in [0.25, 0.3) is 0 Å². The summed E-state index contributed by atoms with van der Waals surface area (Å²) in [5.74, 6) is -0.0310. The van der Waals surface area contributed by atoms with E-state index in [0.29, 0.717) is 0 Å². The van der Waals surface area contributed by atoms with E-state index in [2.05, 4.69) is 10.6 Å². The largest absolute Gasteiger partial charge is 0.394 e. The molecule has 0 aromatic carbocycles. The highest BCUT2D eigenvalue weighted by molar-refractivity contribution is 5.82. The quantitative estimate of drug-likeness (QED) is 0.478. The Balaban J connectivity index is 2.37. The molecule has 1 aliphatic rings. The van der Waals surface area contributed by atoms with E-state index in [4.69, 9.17) is 10.2 Å². The van der Waals surface area contributed by atoms with E-state index in [1.165, 1.54) is 0 Å². The van der Waals surface area contributed by atoms with Gasteiger partial charge in [-0.05, 0) is 25.9 Å². The van der Waals surface area contributed by atoms with Gasteiger partial charge in [-0.15, -0.1) is 0 Å². The summed E-state index contributed by atoms with van der Waals surface area (Å²) in [7, 11) is 0. The summed E-state index contributed by atoms with van der Waals surface area (Å²) in [6, 6.07) is 0. The van der Waals surface area contributed by atoms with Crippen LogP contribution in [0.15, 0.2) is 0 Å². The van der Waals surface area contributed by atoms with Crippen molar-refractivity contribution in [2.75, 3.05) is 26.2 Å². The molecule has 5 heteroatoms. The van der Waals surface area contributed by atoms with Gasteiger partial charge in [-0.25, -0.2) is 0 Å². The Morgan fingerprint density at radius 2 is 2.13 bits per heavy atom. The molecule has 1 aliphatic heterocycles. The van der Waals surface area contributed by atoms with Crippen LogP contribution in [0.2, 0.25) is 0 Å². The van der Waals surface area contributed by atoms with Crippen LogP contribution in [0.3, 0.4) is 0 Å². The molecule has 5 nitrogen and oxygen atoms in total. The van der Waals surface area contributed by atoms with Crippen molar-refractivity contribution in [1.29, 1.82) is 0 Å². The maximum atomic E-state index is 11.8. The minimum atomic E-state index is -0.862. The molecule has 1 atom stereocenters. The van der Waals surface area contributed by atoms with Gasteiger partial charge < -0.3 is 20.8 Å². The van der Waals surface area contributed by atoms with Gasteiger partial charge in [-0.1, -0.05) is 6.92 Å². The number of carbonyl (C=O) groups excluding carboxylic acids is 1. The monoisotopic (exact) mass is 216 g/mol. The van der Waals surface area contributed by atoms with Crippen molar-refractivity contribution in [1.82, 2.24) is 10.6 Å². The molecule has 0 saturated carbocycles. The number of carbonyl (C=O) groups is 1. The smallest absolute Gasteiger partial charge is 0.226 e. The third kappa shape index (κ3) is 3.44. The predicted molar refractivity (Wildman–Crippen MR) is 56.3 cm³/mol. The van der Waals surface area contributed by atoms with Gasteiger partial charge in [0.25, 0.3) is 0 Å². The normalized spacial score (nSPS) is 22.1. The minimum Gasteiger partial charge on any atom is -0.394 e. The zero-order valence-corrected chi connectivity index (χ0v) is 9.12. The second-order valence-electron chi connectivity index (χ2n) is 4.36. The lowest BCUT2D eigenvalue weighted by molar-refractivity contribution is -0.132. The third-order valence-corrected chi connectivity index (χ3v) is 2.96. The zero-order chi connectivity index (χ0) is 11.3. The molecule has 1 fully saturated rings. The zero-order valence-electron chi connectivity index (χ0n) is 9.12. The molecule has 1 rings (SSSR count). The Kier molecular flexibility index (Phi) is 4.50. The van der Waals surface area contributed by atoms with Gasteiger partial charge in [0.2, 0.25) is 5.91 Å². The van der Waals surface area contributed by atoms with E-state index in [1.807, 2.05) is 6.92 Å². The number of aliphatic hydroxyl groups excluding tert-OH is 2. The molecular weight excluding hydrogens is 196 g/mol. The minimum absolute atomic E-state index is 0.0310. The summed E-state index contributed by atoms with van der Waals surface area (Å²) in [5, 5.41) is 23.6. The number of amides is 1. The fourth-order valence-electron chi connectivity index (χ4n) is 1.69. The third-order valence-electron chi connectivity index (χ3n) is 2.96. The number of hydrogen-bond donors (Lipinski definition) is 4. The standard InChI is InChI=1S/C10H20N2O3/c1-10(2-4-11-5-3-10)9(15)12-6-8(14)7-13/h8,11,13-14H,2-7H2,1H3,(H,12,15). The maximum Gasteiger partial charge on any atom is 0.226 e. The fourth-order valence-corrected chi connectivity index (χ4v) is 1.69. The van der Waals surface area contributed by atoms with Crippen molar-refractivity contribution >= 4 is 5.91 Å². The average Bonchev–Trinajstić information content (AvgIpc) is 2.26. The first-order valence-corrected chi connectivity index (χ1v) is 5.36. The van der Waals surface area contributed by atoms with Crippen LogP contribution in [-0.2, 0) is 4.79 Å². The number of rotatable bonds is 4. The first kappa shape index (κ1) is 12.4. The second kappa shape index (κ2) is 5.44. The maximum absolute atomic E-state index is 11.8. The number of nitrogens with one attached hydrogen (secondary N) is 2. The van der Waals surface area contributed by atoms with Crippen LogP contribution in [0, 0.1) is 5.41 Å². The van der Waals surface area contributed by atoms with Gasteiger partial charge in [0.05, 0.1) is 12.7 Å². The van der Waals surface area contributed by atoms with Crippen molar-refractivity contribution in [3.63, 3.8) is 0 Å². The van der Waals surface area contributed by atoms with Gasteiger partial charge in [-0.2, -0.15) is 0 Å². The predicted octanol–water partition coefficient (Wildman–Crippen LogP) is -1.15. The van der Waals surface area contributed by atoms with Crippen molar-refractivity contribution in [3.05, 3.63) is 0 Å². The van der Waals surface area contributed by atoms with Gasteiger partial charge >= 0.3 is 0 Å². The van der Waals surface area contributed by atoms with E-state index < -0.39 is 6.10 Å². The number of hydrogen-bond acceptors (Lipinski definition) is 4. The highest BCUT2D eigenvalue weighted by Gasteiger charge is 2.34. The topological polar surface area (TPSA) is 81.6 Å². The highest BCUT2D eigenvalue weighted by atomic mass is 16.3. The lowest BCUT2D eigenvalue weighted by Gasteiger charge is -2.32. The lowest BCUT2D eigenvalue weighted by atomic mass is 9.80. The molecule has 88 valence electrons. The van der Waals surface area contributed by atoms with Crippen LogP contribution in [0.4, 0.5) is 0 Å². The molecule has 4 N–H and O–H groups in total. The van der Waals surface area contributed by atoms with Crippen LogP contribution in [-0.4, -0.2) is 48.5 Å². The molecule has 0 radical (unpaired) electrons. The van der Waals surface area contributed by atoms with E-state index in [9.17, 15) is 4.79 Å². The first-order chi connectivity index (χ1) is 7.08. The second-order valence-corrected chi connectivity index (χ2v) is 4.36. The van der Waals surface area contributed by atoms with Crippen LogP contribution in [0.1, 0.15) is 19.8 Å². The summed E-state index contributed by atoms with van der Waals surface area (Å²) >= 11 is 0. The summed E-state index contributed by atoms with van der Waals surface area (Å²) in [4.78, 5) is 11.8. The molecule has 0 spiro atoms. The van der Waals surface area contributed by atoms with E-state index in [-0.39, 0.29) is 24.5 Å². The van der Waals surface area contributed by atoms with Crippen LogP contribution >= 0.6 is 0 Å². The van der Waals surface area contributed by atoms with Gasteiger partial charge in [0, 0.05) is 12.0 Å². The Hall–Kier alpha value is -0.650. The lowest BCUT2D eigenvalue weighted by Crippen LogP contribution is -2.47. The van der Waals surface area contributed by atoms with Crippen LogP contribution in [0.5, 0.6) is 0 Å². The molecule has 1 saturated heterocycles. The summed E-state index contributed by atoms with van der Waals surface area (Å²) < 4.78 is 0. The molecule has 0 aliphatic carbocycles. The Morgan fingerprint density at radius 1 is 1.53 bits per heavy atom. The Labute approximate surface area is 89.9 Å². The Morgan fingerprint density at radius 3 is 2.67 bits per heavy atom. The number of piperidine rings is 1.